The summed E-state index contributed by atoms with van der Waals surface area (Å²) in [6, 6.07) is 57.5. The number of para-hydroxylation sites is 3. The van der Waals surface area contributed by atoms with Gasteiger partial charge >= 0.3 is 0 Å². The van der Waals surface area contributed by atoms with Crippen molar-refractivity contribution in [2.24, 2.45) is 0 Å². The summed E-state index contributed by atoms with van der Waals surface area (Å²) in [5, 5.41) is 3.73. The number of imidazole rings is 1. The maximum atomic E-state index is 9.33. The fraction of sp³-hybridized carbons (Fsp3) is 0.108. The Kier molecular flexibility index (Phi) is 10.2. The van der Waals surface area contributed by atoms with Crippen LogP contribution in [0.15, 0.2) is 236 Å². The van der Waals surface area contributed by atoms with E-state index < -0.39 is 60.4 Å². The van der Waals surface area contributed by atoms with E-state index >= 15 is 0 Å². The summed E-state index contributed by atoms with van der Waals surface area (Å²) in [6.45, 7) is 13.3. The molecule has 0 N–H and O–H groups in total. The molecule has 4 heterocycles. The normalized spacial score (nSPS) is 13.7. The van der Waals surface area contributed by atoms with Crippen LogP contribution in [-0.2, 0) is 31.9 Å². The van der Waals surface area contributed by atoms with Gasteiger partial charge in [-0.25, -0.2) is 4.98 Å². The summed E-state index contributed by atoms with van der Waals surface area (Å²) in [5.41, 5.74) is 10.3. The molecule has 0 radical (unpaired) electrons. The van der Waals surface area contributed by atoms with Gasteiger partial charge in [0.15, 0.2) is 0 Å². The predicted octanol–water partition coefficient (Wildman–Crippen LogP) is 18.3. The first-order valence-corrected chi connectivity index (χ1v) is 26.6. The van der Waals surface area contributed by atoms with Crippen molar-refractivity contribution >= 4 is 54.6 Å². The van der Waals surface area contributed by atoms with Crippen LogP contribution in [-0.4, -0.2) is 18.7 Å². The molecular weight excluding hydrogens is 1170 g/mol. The van der Waals surface area contributed by atoms with Crippen molar-refractivity contribution in [2.75, 3.05) is 0 Å². The molecule has 4 aromatic heterocycles. The zero-order valence-electron chi connectivity index (χ0n) is 55.2. The Balaban J connectivity index is 0.00000758. The number of benzene rings is 10. The molecule has 0 aliphatic rings. The van der Waals surface area contributed by atoms with E-state index in [0.717, 1.165) is 71.8 Å². The van der Waals surface area contributed by atoms with Gasteiger partial charge in [0, 0.05) is 66.3 Å². The molecule has 396 valence electrons. The number of hydrogen-bond acceptors (Lipinski definition) is 2. The molecule has 0 aliphatic carbocycles. The van der Waals surface area contributed by atoms with Crippen molar-refractivity contribution < 1.29 is 44.1 Å². The van der Waals surface area contributed by atoms with Gasteiger partial charge in [-0.05, 0) is 115 Å². The van der Waals surface area contributed by atoms with Gasteiger partial charge in [-0.3, -0.25) is 4.57 Å². The summed E-state index contributed by atoms with van der Waals surface area (Å²) in [6.07, 6.45) is 5.44. The van der Waals surface area contributed by atoms with E-state index in [1.54, 1.807) is 33.4 Å². The molecular formula is C74H57N5OPt-2. The van der Waals surface area contributed by atoms with Gasteiger partial charge in [0.05, 0.1) is 35.9 Å². The minimum atomic E-state index is -0.585. The molecule has 0 saturated carbocycles. The largest absolute Gasteiger partial charge is 0.510 e. The minimum Gasteiger partial charge on any atom is -0.510 e. The molecule has 0 bridgehead atoms. The van der Waals surface area contributed by atoms with Crippen molar-refractivity contribution in [3.8, 4) is 67.8 Å². The Hall–Kier alpha value is -9.09. The summed E-state index contributed by atoms with van der Waals surface area (Å²) >= 11 is 0. The van der Waals surface area contributed by atoms with Gasteiger partial charge in [-0.15, -0.1) is 29.7 Å². The standard InChI is InChI=1S/C74H57N5O.Pt/c1-73(2,3)52-40-41-75-71(43-52)79-66-42-51(57-30-16-18-34-64(57)74(4,5)6)36-38-61(66)62-39-37-56(45-67(62)79)80-55-29-20-28-54(44-55)76-48-77(72-58(49-22-10-7-11-23-49)32-21-33-59(72)50-24-12-8-13-25-50)69-46-63-60-31-17-19-35-65(60)78(68(63)47-70(69)76)53-26-14-9-15-27-53;/h7-43,46-47H,1-6H3;/q-2;/i7D,8D,10D,11D,12D,13D,22D,23D,24D,25D;. The average Bonchev–Trinajstić information content (AvgIpc) is 1.65. The van der Waals surface area contributed by atoms with Crippen LogP contribution in [0.5, 0.6) is 11.5 Å². The number of pyridine rings is 1. The molecule has 7 heteroatoms. The predicted molar refractivity (Wildman–Crippen MR) is 328 cm³/mol. The minimum absolute atomic E-state index is 0. The summed E-state index contributed by atoms with van der Waals surface area (Å²) in [7, 11) is 0. The first-order chi connectivity index (χ1) is 43.1. The van der Waals surface area contributed by atoms with Crippen LogP contribution in [0.1, 0.15) is 66.4 Å². The third kappa shape index (κ3) is 9.05. The molecule has 81 heavy (non-hydrogen) atoms. The van der Waals surface area contributed by atoms with E-state index in [4.69, 9.17) is 17.9 Å². The molecule has 0 unspecified atom stereocenters. The molecule has 14 rings (SSSR count). The molecule has 6 nitrogen and oxygen atoms in total. The molecule has 10 aromatic carbocycles. The molecule has 0 saturated heterocycles. The first kappa shape index (κ1) is 41.0. The van der Waals surface area contributed by atoms with Crippen LogP contribution in [0.4, 0.5) is 0 Å². The molecule has 0 amide bonds. The van der Waals surface area contributed by atoms with E-state index in [9.17, 15) is 5.48 Å². The van der Waals surface area contributed by atoms with Crippen LogP contribution in [0.2, 0.25) is 0 Å². The van der Waals surface area contributed by atoms with E-state index in [2.05, 4.69) is 130 Å². The van der Waals surface area contributed by atoms with Crippen LogP contribution < -0.4 is 9.30 Å². The summed E-state index contributed by atoms with van der Waals surface area (Å²) in [5.74, 6) is 1.48. The second kappa shape index (κ2) is 20.2. The molecule has 0 aliphatic heterocycles. The smallest absolute Gasteiger partial charge is 0.268 e. The number of aromatic nitrogens is 5. The number of hydrogen-bond donors (Lipinski definition) is 0. The van der Waals surface area contributed by atoms with Gasteiger partial charge < -0.3 is 18.4 Å². The second-order valence-corrected chi connectivity index (χ2v) is 22.1. The van der Waals surface area contributed by atoms with Crippen molar-refractivity contribution in [1.29, 1.82) is 0 Å². The quantitative estimate of drug-likeness (QED) is 0.107. The van der Waals surface area contributed by atoms with Crippen LogP contribution in [0.25, 0.3) is 111 Å². The van der Waals surface area contributed by atoms with Crippen LogP contribution in [0.3, 0.4) is 0 Å². The maximum absolute atomic E-state index is 9.33. The van der Waals surface area contributed by atoms with Crippen molar-refractivity contribution in [2.45, 2.75) is 52.4 Å². The molecule has 0 fully saturated rings. The summed E-state index contributed by atoms with van der Waals surface area (Å²) < 4.78 is 104. The fourth-order valence-electron chi connectivity index (χ4n) is 11.3. The Morgan fingerprint density at radius 2 is 1.14 bits per heavy atom. The molecule has 0 spiro atoms. The topological polar surface area (TPSA) is 40.8 Å². The molecule has 0 atom stereocenters. The van der Waals surface area contributed by atoms with Crippen molar-refractivity contribution in [3.63, 3.8) is 0 Å². The fourth-order valence-corrected chi connectivity index (χ4v) is 11.3. The Morgan fingerprint density at radius 3 is 1.88 bits per heavy atom. The van der Waals surface area contributed by atoms with Gasteiger partial charge in [0.1, 0.15) is 5.82 Å². The Labute approximate surface area is 501 Å². The van der Waals surface area contributed by atoms with Gasteiger partial charge in [-0.2, -0.15) is 18.2 Å². The Bertz CT molecular complexity index is 5190. The number of rotatable bonds is 9. The third-order valence-corrected chi connectivity index (χ3v) is 15.0. The van der Waals surface area contributed by atoms with Crippen molar-refractivity contribution in [3.05, 3.63) is 266 Å². The number of nitrogens with zero attached hydrogens (tertiary/aromatic N) is 5. The zero-order chi connectivity index (χ0) is 63.0. The van der Waals surface area contributed by atoms with Gasteiger partial charge in [0.25, 0.3) is 6.33 Å². The maximum Gasteiger partial charge on any atom is 0.268 e. The zero-order valence-corrected chi connectivity index (χ0v) is 47.5. The van der Waals surface area contributed by atoms with E-state index in [0.29, 0.717) is 28.2 Å². The van der Waals surface area contributed by atoms with E-state index in [1.165, 1.54) is 5.56 Å². The second-order valence-electron chi connectivity index (χ2n) is 22.1. The first-order valence-electron chi connectivity index (χ1n) is 31.6. The molecule has 14 aromatic rings. The monoisotopic (exact) mass is 1240 g/mol. The van der Waals surface area contributed by atoms with Gasteiger partial charge in [0.2, 0.25) is 0 Å². The van der Waals surface area contributed by atoms with Crippen LogP contribution in [0, 0.1) is 18.5 Å². The average molecular weight is 1240 g/mol. The SMILES string of the molecule is [2H]c1c([2H])c([2H])c(-c2cccc(-c3c([2H])c([2H])c([2H])c([2H])c3[2H])c2-[n+]2[c-]n(-c3[c-]c(Oc4[c-]c5c(cc4)c4ccc(-c6ccccc6C(C)(C)C)cc4n5-c4cc(C(C)(C)C)ccn4)ccc3)c3cc4c(cc32)c2ccccc2n4-c2ccccc2)c([2H])c1[2H].[Pt]. The third-order valence-electron chi connectivity index (χ3n) is 15.0. The van der Waals surface area contributed by atoms with E-state index in [1.807, 2.05) is 91.1 Å². The van der Waals surface area contributed by atoms with Gasteiger partial charge in [-0.1, -0.05) is 198 Å². The van der Waals surface area contributed by atoms with Crippen molar-refractivity contribution in [1.82, 2.24) is 18.7 Å². The van der Waals surface area contributed by atoms with Crippen LogP contribution >= 0.6 is 0 Å². The summed E-state index contributed by atoms with van der Waals surface area (Å²) in [4.78, 5) is 5.00. The number of fused-ring (bicyclic) bond motifs is 7. The Morgan fingerprint density at radius 1 is 0.494 bits per heavy atom. The van der Waals surface area contributed by atoms with E-state index in [-0.39, 0.29) is 59.8 Å². The number of ether oxygens (including phenoxy) is 1.